The quantitative estimate of drug-likeness (QED) is 0.182. The Morgan fingerprint density at radius 3 is 2.48 bits per heavy atom. The molecule has 2 aliphatic rings. The highest BCUT2D eigenvalue weighted by molar-refractivity contribution is 9.10. The second-order valence-corrected chi connectivity index (χ2v) is 14.3. The van der Waals surface area contributed by atoms with E-state index in [0.29, 0.717) is 32.6 Å². The Morgan fingerprint density at radius 2 is 1.66 bits per heavy atom. The summed E-state index contributed by atoms with van der Waals surface area (Å²) < 4.78 is 7.66. The summed E-state index contributed by atoms with van der Waals surface area (Å²) in [4.78, 5) is 57.9. The van der Waals surface area contributed by atoms with Crippen molar-refractivity contribution in [3.8, 4) is 5.75 Å². The number of thioether (sulfide) groups is 1. The van der Waals surface area contributed by atoms with Crippen LogP contribution >= 0.6 is 55.0 Å². The van der Waals surface area contributed by atoms with Gasteiger partial charge in [0.15, 0.2) is 6.61 Å². The van der Waals surface area contributed by atoms with Crippen LogP contribution in [0.4, 0.5) is 11.4 Å². The number of ether oxygens (including phenoxy) is 1. The van der Waals surface area contributed by atoms with Crippen LogP contribution in [0.5, 0.6) is 5.75 Å². The molecule has 1 aromatic heterocycles. The van der Waals surface area contributed by atoms with Gasteiger partial charge in [-0.2, -0.15) is 0 Å². The number of fused-ring (bicyclic) bond motifs is 3. The average Bonchev–Trinajstić information content (AvgIpc) is 3.51. The molecule has 0 radical (unpaired) electrons. The van der Waals surface area contributed by atoms with Crippen molar-refractivity contribution in [2.75, 3.05) is 16.8 Å². The molecule has 2 N–H and O–H groups in total. The lowest BCUT2D eigenvalue weighted by Gasteiger charge is -2.31. The summed E-state index contributed by atoms with van der Waals surface area (Å²) in [5.74, 6) is -2.13. The van der Waals surface area contributed by atoms with Crippen LogP contribution < -0.4 is 19.8 Å². The van der Waals surface area contributed by atoms with Crippen LogP contribution in [0.2, 0.25) is 0 Å². The minimum absolute atomic E-state index is 0.274. The molecule has 220 valence electrons. The number of H-pyrrole nitrogens is 1. The van der Waals surface area contributed by atoms with Gasteiger partial charge in [-0.3, -0.25) is 19.2 Å². The normalized spacial score (nSPS) is 19.1. The number of aromatic nitrogens is 1. The van der Waals surface area contributed by atoms with Crippen molar-refractivity contribution in [3.05, 3.63) is 114 Å². The molecule has 12 heteroatoms. The maximum Gasteiger partial charge on any atom is 0.305 e. The molecule has 0 saturated carbocycles. The maximum absolute atomic E-state index is 14.1. The molecular formula is C32H21Br2N3O5S2. The fourth-order valence-electron chi connectivity index (χ4n) is 5.75. The lowest BCUT2D eigenvalue weighted by atomic mass is 9.82. The number of hydrogen-bond donors (Lipinski definition) is 2. The molecule has 0 spiro atoms. The van der Waals surface area contributed by atoms with E-state index in [1.807, 2.05) is 48.5 Å². The molecule has 0 aliphatic carbocycles. The number of carbonyl (C=O) groups excluding carboxylic acids is 3. The summed E-state index contributed by atoms with van der Waals surface area (Å²) in [5, 5.41) is 4.65. The van der Waals surface area contributed by atoms with E-state index in [-0.39, 0.29) is 29.2 Å². The number of halogens is 2. The van der Waals surface area contributed by atoms with Gasteiger partial charge >= 0.3 is 4.87 Å². The summed E-state index contributed by atoms with van der Waals surface area (Å²) >= 11 is 9.16. The molecule has 2 aliphatic heterocycles. The number of amides is 3. The highest BCUT2D eigenvalue weighted by Crippen LogP contribution is 2.54. The monoisotopic (exact) mass is 749 g/mol. The Balaban J connectivity index is 1.23. The molecule has 3 heterocycles. The van der Waals surface area contributed by atoms with Crippen LogP contribution in [0, 0.1) is 5.92 Å². The van der Waals surface area contributed by atoms with Crippen LogP contribution in [-0.4, -0.2) is 34.6 Å². The first-order chi connectivity index (χ1) is 21.3. The van der Waals surface area contributed by atoms with E-state index >= 15 is 0 Å². The van der Waals surface area contributed by atoms with Crippen molar-refractivity contribution >= 4 is 94.8 Å². The van der Waals surface area contributed by atoms with E-state index < -0.39 is 17.1 Å². The summed E-state index contributed by atoms with van der Waals surface area (Å²) in [7, 11) is 0. The van der Waals surface area contributed by atoms with Gasteiger partial charge in [0.05, 0.1) is 16.6 Å². The molecule has 4 aromatic carbocycles. The number of benzene rings is 4. The van der Waals surface area contributed by atoms with Crippen molar-refractivity contribution in [2.45, 2.75) is 16.2 Å². The number of aromatic amines is 1. The topological polar surface area (TPSA) is 109 Å². The number of nitrogens with one attached hydrogen (secondary N) is 2. The molecule has 3 unspecified atom stereocenters. The first kappa shape index (κ1) is 29.0. The average molecular weight is 751 g/mol. The number of imide groups is 1. The van der Waals surface area contributed by atoms with Gasteiger partial charge in [-0.15, -0.1) is 0 Å². The molecule has 7 rings (SSSR count). The summed E-state index contributed by atoms with van der Waals surface area (Å²) in [6.45, 7) is -0.290. The van der Waals surface area contributed by atoms with Gasteiger partial charge in [-0.1, -0.05) is 91.4 Å². The molecule has 1 saturated heterocycles. The second kappa shape index (κ2) is 11.7. The zero-order valence-electron chi connectivity index (χ0n) is 22.6. The zero-order valence-corrected chi connectivity index (χ0v) is 27.4. The Hall–Kier alpha value is -3.71. The number of thiazole rings is 1. The smallest absolute Gasteiger partial charge is 0.305 e. The number of anilines is 2. The number of hydrogen-bond acceptors (Lipinski definition) is 7. The molecule has 3 atom stereocenters. The van der Waals surface area contributed by atoms with Gasteiger partial charge in [0.2, 0.25) is 11.8 Å². The van der Waals surface area contributed by atoms with Crippen LogP contribution in [0.15, 0.2) is 104 Å². The van der Waals surface area contributed by atoms with Gasteiger partial charge < -0.3 is 15.0 Å². The molecule has 8 nitrogen and oxygen atoms in total. The number of rotatable bonds is 6. The third-order valence-corrected chi connectivity index (χ3v) is 11.1. The summed E-state index contributed by atoms with van der Waals surface area (Å²) in [5.41, 5.74) is 1.75. The van der Waals surface area contributed by atoms with E-state index in [9.17, 15) is 19.2 Å². The standard InChI is InChI=1S/C32H21Br2N3O5S2/c33-17-8-11-19(12-9-17)37-30(39)26-25(27-29(36-32(41)44-27)43-28(26)31(37)40)21-14-18(34)10-13-23(21)42-15-24(38)35-22-7-3-5-16-4-1-2-6-20(16)22/h1-14,25-26,28H,15H2,(H,35,38)(H,36,41). The minimum atomic E-state index is -0.795. The van der Waals surface area contributed by atoms with Crippen LogP contribution in [-0.2, 0) is 14.4 Å². The predicted molar refractivity (Wildman–Crippen MR) is 179 cm³/mol. The lowest BCUT2D eigenvalue weighted by Crippen LogP contribution is -2.32. The van der Waals surface area contributed by atoms with E-state index in [4.69, 9.17) is 4.74 Å². The fourth-order valence-corrected chi connectivity index (χ4v) is 8.90. The molecule has 44 heavy (non-hydrogen) atoms. The van der Waals surface area contributed by atoms with Crippen molar-refractivity contribution in [1.29, 1.82) is 0 Å². The van der Waals surface area contributed by atoms with Crippen LogP contribution in [0.3, 0.4) is 0 Å². The van der Waals surface area contributed by atoms with Gasteiger partial charge in [0.25, 0.3) is 5.91 Å². The van der Waals surface area contributed by atoms with Crippen molar-refractivity contribution in [2.24, 2.45) is 5.92 Å². The third-order valence-electron chi connectivity index (χ3n) is 7.64. The molecule has 1 fully saturated rings. The minimum Gasteiger partial charge on any atom is -0.483 e. The van der Waals surface area contributed by atoms with Gasteiger partial charge in [-0.05, 0) is 53.9 Å². The van der Waals surface area contributed by atoms with E-state index in [1.54, 1.807) is 36.4 Å². The number of carbonyl (C=O) groups is 3. The van der Waals surface area contributed by atoms with E-state index in [0.717, 1.165) is 31.1 Å². The fraction of sp³-hybridized carbons (Fsp3) is 0.125. The SMILES string of the molecule is O=C(COc1ccc(Br)cc1C1c2sc(=O)[nH]c2SC2C(=O)N(c3ccc(Br)cc3)C(=O)C21)Nc1cccc2ccccc12. The maximum atomic E-state index is 14.1. The first-order valence-corrected chi connectivity index (χ1v) is 16.8. The van der Waals surface area contributed by atoms with Crippen molar-refractivity contribution in [3.63, 3.8) is 0 Å². The molecular weight excluding hydrogens is 730 g/mol. The van der Waals surface area contributed by atoms with Gasteiger partial charge in [-0.25, -0.2) is 4.90 Å². The Morgan fingerprint density at radius 1 is 0.909 bits per heavy atom. The van der Waals surface area contributed by atoms with Gasteiger partial charge in [0.1, 0.15) is 11.0 Å². The van der Waals surface area contributed by atoms with E-state index in [1.165, 1.54) is 16.7 Å². The number of nitrogens with zero attached hydrogens (tertiary/aromatic N) is 1. The lowest BCUT2D eigenvalue weighted by molar-refractivity contribution is -0.122. The molecule has 5 aromatic rings. The molecule has 0 bridgehead atoms. The largest absolute Gasteiger partial charge is 0.483 e. The predicted octanol–water partition coefficient (Wildman–Crippen LogP) is 6.93. The van der Waals surface area contributed by atoms with Gasteiger partial charge in [0, 0.05) is 36.4 Å². The third kappa shape index (κ3) is 5.19. The first-order valence-electron chi connectivity index (χ1n) is 13.5. The van der Waals surface area contributed by atoms with Crippen molar-refractivity contribution < 1.29 is 19.1 Å². The summed E-state index contributed by atoms with van der Waals surface area (Å²) in [6, 6.07) is 25.8. The highest BCUT2D eigenvalue weighted by atomic mass is 79.9. The Bertz CT molecular complexity index is 2020. The van der Waals surface area contributed by atoms with Crippen molar-refractivity contribution in [1.82, 2.24) is 4.98 Å². The Kier molecular flexibility index (Phi) is 7.69. The zero-order chi connectivity index (χ0) is 30.5. The second-order valence-electron chi connectivity index (χ2n) is 10.3. The Labute approximate surface area is 276 Å². The van der Waals surface area contributed by atoms with Crippen LogP contribution in [0.1, 0.15) is 16.4 Å². The molecule has 3 amide bonds. The highest BCUT2D eigenvalue weighted by Gasteiger charge is 2.56. The van der Waals surface area contributed by atoms with Crippen LogP contribution in [0.25, 0.3) is 10.8 Å². The summed E-state index contributed by atoms with van der Waals surface area (Å²) in [6.07, 6.45) is 0. The van der Waals surface area contributed by atoms with E-state index in [2.05, 4.69) is 42.2 Å².